The Bertz CT molecular complexity index is 1180. The van der Waals surface area contributed by atoms with Crippen molar-refractivity contribution in [2.45, 2.75) is 13.8 Å². The lowest BCUT2D eigenvalue weighted by atomic mass is 10.2. The van der Waals surface area contributed by atoms with Crippen LogP contribution in [-0.4, -0.2) is 17.4 Å². The van der Waals surface area contributed by atoms with Gasteiger partial charge in [-0.2, -0.15) is 0 Å². The van der Waals surface area contributed by atoms with Crippen molar-refractivity contribution in [3.63, 3.8) is 0 Å². The normalized spacial score (nSPS) is 10.8. The lowest BCUT2D eigenvalue weighted by Gasteiger charge is -2.31. The summed E-state index contributed by atoms with van der Waals surface area (Å²) in [5.74, 6) is 1.76. The van der Waals surface area contributed by atoms with Crippen molar-refractivity contribution in [2.24, 2.45) is 0 Å². The van der Waals surface area contributed by atoms with Crippen LogP contribution in [-0.2, 0) is 0 Å². The van der Waals surface area contributed by atoms with E-state index >= 15 is 0 Å². The fraction of sp³-hybridized carbons (Fsp3) is 0.129. The van der Waals surface area contributed by atoms with Crippen molar-refractivity contribution in [2.75, 3.05) is 11.5 Å². The first kappa shape index (κ1) is 29.1. The second-order valence-corrected chi connectivity index (χ2v) is 14.1. The first-order chi connectivity index (χ1) is 17.7. The van der Waals surface area contributed by atoms with Gasteiger partial charge in [0.25, 0.3) is 5.91 Å². The number of carbonyl (C=O) groups excluding carboxylic acids is 1. The minimum Gasteiger partial charge on any atom is -0.291 e. The van der Waals surface area contributed by atoms with E-state index in [1.807, 2.05) is 53.9 Å². The minimum absolute atomic E-state index is 0. The smallest absolute Gasteiger partial charge is 0.258 e. The Labute approximate surface area is 236 Å². The lowest BCUT2D eigenvalue weighted by Crippen LogP contribution is -2.38. The van der Waals surface area contributed by atoms with Gasteiger partial charge in [-0.25, -0.2) is 0 Å². The Morgan fingerprint density at radius 2 is 0.973 bits per heavy atom. The molecule has 0 heterocycles. The Balaban J connectivity index is 0.00000380. The number of carbonyl (C=O) groups is 1. The van der Waals surface area contributed by atoms with E-state index in [0.717, 1.165) is 16.9 Å². The highest BCUT2D eigenvalue weighted by Crippen LogP contribution is 2.64. The fourth-order valence-electron chi connectivity index (χ4n) is 4.27. The summed E-state index contributed by atoms with van der Waals surface area (Å²) in [4.78, 5) is 13.8. The maximum absolute atomic E-state index is 13.8. The van der Waals surface area contributed by atoms with Crippen LogP contribution in [0.5, 0.6) is 0 Å². The van der Waals surface area contributed by atoms with Crippen molar-refractivity contribution < 1.29 is 4.79 Å². The molecule has 0 bridgehead atoms. The number of nitrogens with one attached hydrogen (secondary N) is 1. The fourth-order valence-corrected chi connectivity index (χ4v) is 11.5. The molecule has 0 radical (unpaired) electrons. The van der Waals surface area contributed by atoms with Gasteiger partial charge in [-0.05, 0) is 60.0 Å². The Hall–Kier alpha value is -2.49. The van der Waals surface area contributed by atoms with Gasteiger partial charge in [0, 0.05) is 5.56 Å². The van der Waals surface area contributed by atoms with Gasteiger partial charge in [-0.3, -0.25) is 10.1 Å². The number of rotatable bonds is 10. The van der Waals surface area contributed by atoms with Crippen LogP contribution >= 0.6 is 43.2 Å². The molecule has 0 unspecified atom stereocenters. The molecular formula is C31H32ClNOPS2+. The van der Waals surface area contributed by atoms with Gasteiger partial charge in [0.15, 0.2) is 12.7 Å². The summed E-state index contributed by atoms with van der Waals surface area (Å²) < 4.78 is 1.18. The van der Waals surface area contributed by atoms with E-state index in [2.05, 4.69) is 110 Å². The van der Waals surface area contributed by atoms with Crippen molar-refractivity contribution in [1.29, 1.82) is 0 Å². The van der Waals surface area contributed by atoms with E-state index in [9.17, 15) is 4.79 Å². The molecule has 0 aliphatic carbocycles. The molecule has 4 aromatic carbocycles. The molecule has 0 saturated heterocycles. The van der Waals surface area contributed by atoms with E-state index < -0.39 is 7.26 Å². The predicted octanol–water partition coefficient (Wildman–Crippen LogP) is 7.47. The number of thioether (sulfide) groups is 2. The maximum Gasteiger partial charge on any atom is 0.258 e. The summed E-state index contributed by atoms with van der Waals surface area (Å²) in [6.07, 6.45) is 0. The van der Waals surface area contributed by atoms with E-state index in [1.165, 1.54) is 20.2 Å². The first-order valence-corrected chi connectivity index (χ1v) is 15.9. The quantitative estimate of drug-likeness (QED) is 0.203. The summed E-state index contributed by atoms with van der Waals surface area (Å²) in [5, 5.41) is 7.15. The molecule has 4 aromatic rings. The van der Waals surface area contributed by atoms with Gasteiger partial charge in [0.1, 0.15) is 20.2 Å². The molecule has 190 valence electrons. The third-order valence-electron chi connectivity index (χ3n) is 5.78. The summed E-state index contributed by atoms with van der Waals surface area (Å²) in [6.45, 7) is 4.34. The van der Waals surface area contributed by atoms with Crippen LogP contribution in [0.1, 0.15) is 24.2 Å². The van der Waals surface area contributed by atoms with Crippen molar-refractivity contribution in [1.82, 2.24) is 5.32 Å². The summed E-state index contributed by atoms with van der Waals surface area (Å²) in [5.41, 5.74) is 1.67. The number of hydrogen-bond acceptors (Lipinski definition) is 3. The Kier molecular flexibility index (Phi) is 11.4. The SMILES string of the molecule is CCSC(SCC)=C(NC(=O)c1ccccc1)[P+](c1ccccc1)(c1ccccc1)c1ccccc1.Cl. The first-order valence-electron chi connectivity index (χ1n) is 12.1. The third-order valence-corrected chi connectivity index (χ3v) is 12.5. The van der Waals surface area contributed by atoms with Gasteiger partial charge in [-0.1, -0.05) is 86.6 Å². The second kappa shape index (κ2) is 14.4. The van der Waals surface area contributed by atoms with Gasteiger partial charge < -0.3 is 0 Å². The molecular weight excluding hydrogens is 533 g/mol. The van der Waals surface area contributed by atoms with Gasteiger partial charge in [0.05, 0.1) is 0 Å². The molecule has 37 heavy (non-hydrogen) atoms. The zero-order valence-corrected chi connectivity index (χ0v) is 24.4. The molecule has 2 nitrogen and oxygen atoms in total. The van der Waals surface area contributed by atoms with Crippen molar-refractivity contribution in [3.05, 3.63) is 137 Å². The van der Waals surface area contributed by atoms with Gasteiger partial charge in [-0.15, -0.1) is 35.9 Å². The highest BCUT2D eigenvalue weighted by Gasteiger charge is 2.52. The topological polar surface area (TPSA) is 29.1 Å². The number of hydrogen-bond donors (Lipinski definition) is 1. The average Bonchev–Trinajstić information content (AvgIpc) is 2.95. The molecule has 1 amide bonds. The van der Waals surface area contributed by atoms with Crippen LogP contribution in [0.2, 0.25) is 0 Å². The zero-order valence-electron chi connectivity index (χ0n) is 21.0. The van der Waals surface area contributed by atoms with Crippen LogP contribution in [0, 0.1) is 0 Å². The highest BCUT2D eigenvalue weighted by molar-refractivity contribution is 8.23. The van der Waals surface area contributed by atoms with Crippen LogP contribution in [0.4, 0.5) is 0 Å². The average molecular weight is 565 g/mol. The molecule has 1 N–H and O–H groups in total. The molecule has 0 aliphatic heterocycles. The van der Waals surface area contributed by atoms with Crippen LogP contribution in [0.3, 0.4) is 0 Å². The number of benzene rings is 4. The number of halogens is 1. The largest absolute Gasteiger partial charge is 0.291 e. The summed E-state index contributed by atoms with van der Waals surface area (Å²) >= 11 is 3.63. The molecule has 4 rings (SSSR count). The maximum atomic E-state index is 13.8. The van der Waals surface area contributed by atoms with Crippen LogP contribution in [0.25, 0.3) is 0 Å². The van der Waals surface area contributed by atoms with E-state index in [-0.39, 0.29) is 18.3 Å². The standard InChI is InChI=1S/C31H30NOPS2.ClH/c1-3-35-31(36-4-2)30(32-29(33)25-17-9-5-10-18-25)34(26-19-11-6-12-20-26,27-21-13-7-14-22-27)28-23-15-8-16-24-28;/h5-24H,3-4H2,1-2H3;1H/p+1. The Morgan fingerprint density at radius 1 is 0.622 bits per heavy atom. The predicted molar refractivity (Wildman–Crippen MR) is 170 cm³/mol. The molecule has 0 atom stereocenters. The molecule has 0 aromatic heterocycles. The van der Waals surface area contributed by atoms with E-state index in [4.69, 9.17) is 0 Å². The zero-order chi connectivity index (χ0) is 25.2. The van der Waals surface area contributed by atoms with E-state index in [1.54, 1.807) is 0 Å². The minimum atomic E-state index is -2.45. The van der Waals surface area contributed by atoms with Gasteiger partial charge in [0.2, 0.25) is 0 Å². The lowest BCUT2D eigenvalue weighted by molar-refractivity contribution is 0.0968. The molecule has 0 spiro atoms. The third kappa shape index (κ3) is 6.51. The molecule has 0 aliphatic rings. The highest BCUT2D eigenvalue weighted by atomic mass is 35.5. The van der Waals surface area contributed by atoms with E-state index in [0.29, 0.717) is 5.56 Å². The summed E-state index contributed by atoms with van der Waals surface area (Å²) in [7, 11) is -2.45. The molecule has 6 heteroatoms. The Morgan fingerprint density at radius 3 is 1.32 bits per heavy atom. The van der Waals surface area contributed by atoms with Crippen LogP contribution < -0.4 is 21.2 Å². The monoisotopic (exact) mass is 564 g/mol. The van der Waals surface area contributed by atoms with Crippen molar-refractivity contribution >= 4 is 65.0 Å². The number of amides is 1. The van der Waals surface area contributed by atoms with Crippen LogP contribution in [0.15, 0.2) is 131 Å². The second-order valence-electron chi connectivity index (χ2n) is 8.00. The van der Waals surface area contributed by atoms with Crippen molar-refractivity contribution in [3.8, 4) is 0 Å². The molecule has 0 fully saturated rings. The van der Waals surface area contributed by atoms with Gasteiger partial charge >= 0.3 is 0 Å². The molecule has 0 saturated carbocycles. The summed E-state index contributed by atoms with van der Waals surface area (Å²) in [6, 6.07) is 41.6.